The Balaban J connectivity index is 2.10. The number of amides is 1. The minimum atomic E-state index is -0.618. The third-order valence-corrected chi connectivity index (χ3v) is 5.90. The number of nitrogens with one attached hydrogen (secondary N) is 1. The number of guanidine groups is 1. The lowest BCUT2D eigenvalue weighted by molar-refractivity contribution is 0.262. The normalized spacial score (nSPS) is 28.0. The zero-order valence-electron chi connectivity index (χ0n) is 11.8. The van der Waals surface area contributed by atoms with E-state index in [1.165, 1.54) is 0 Å². The summed E-state index contributed by atoms with van der Waals surface area (Å²) in [5.41, 5.74) is -0.434. The van der Waals surface area contributed by atoms with Gasteiger partial charge in [-0.3, -0.25) is 9.79 Å². The van der Waals surface area contributed by atoms with Crippen LogP contribution >= 0.6 is 27.3 Å². The molecule has 0 fully saturated rings. The van der Waals surface area contributed by atoms with Gasteiger partial charge in [0, 0.05) is 34.2 Å². The van der Waals surface area contributed by atoms with Crippen LogP contribution in [0.15, 0.2) is 25.9 Å². The lowest BCUT2D eigenvalue weighted by atomic mass is 9.81. The average Bonchev–Trinajstić information content (AvgIpc) is 3.04. The summed E-state index contributed by atoms with van der Waals surface area (Å²) in [6.45, 7) is 2.87. The molecule has 3 rings (SSSR count). The van der Waals surface area contributed by atoms with E-state index in [9.17, 15) is 4.79 Å². The van der Waals surface area contributed by atoms with E-state index >= 15 is 0 Å². The summed E-state index contributed by atoms with van der Waals surface area (Å²) in [7, 11) is 7.11. The number of amidine groups is 1. The average molecular weight is 365 g/mol. The summed E-state index contributed by atoms with van der Waals surface area (Å²) in [6, 6.07) is 2.08. The summed E-state index contributed by atoms with van der Waals surface area (Å²) in [5.74, 6) is 1.01. The van der Waals surface area contributed by atoms with Gasteiger partial charge in [-0.1, -0.05) is 0 Å². The molecule has 0 bridgehead atoms. The molecule has 1 N–H and O–H groups in total. The van der Waals surface area contributed by atoms with Gasteiger partial charge in [-0.05, 0) is 35.3 Å². The van der Waals surface area contributed by atoms with Crippen molar-refractivity contribution in [3.8, 4) is 0 Å². The van der Waals surface area contributed by atoms with Crippen LogP contribution in [0.3, 0.4) is 0 Å². The first-order valence-corrected chi connectivity index (χ1v) is 8.28. The molecule has 0 saturated heterocycles. The molecular formula is C13H14BBrN4OS. The highest BCUT2D eigenvalue weighted by molar-refractivity contribution is 9.10. The molecule has 0 spiro atoms. The third kappa shape index (κ3) is 2.44. The van der Waals surface area contributed by atoms with Gasteiger partial charge < -0.3 is 10.2 Å². The fourth-order valence-corrected chi connectivity index (χ4v) is 4.52. The van der Waals surface area contributed by atoms with E-state index in [0.717, 1.165) is 28.2 Å². The topological polar surface area (TPSA) is 57.1 Å². The Hall–Kier alpha value is -1.15. The van der Waals surface area contributed by atoms with Crippen LogP contribution < -0.4 is 5.32 Å². The van der Waals surface area contributed by atoms with Gasteiger partial charge in [0.2, 0.25) is 13.8 Å². The van der Waals surface area contributed by atoms with E-state index in [1.54, 1.807) is 11.3 Å². The highest BCUT2D eigenvalue weighted by atomic mass is 79.9. The highest BCUT2D eigenvalue weighted by Crippen LogP contribution is 2.45. The van der Waals surface area contributed by atoms with E-state index in [-0.39, 0.29) is 5.92 Å². The maximum atomic E-state index is 11.2. The van der Waals surface area contributed by atoms with Crippen molar-refractivity contribution in [2.24, 2.45) is 15.9 Å². The van der Waals surface area contributed by atoms with E-state index in [2.05, 4.69) is 39.2 Å². The second-order valence-electron chi connectivity index (χ2n) is 5.34. The van der Waals surface area contributed by atoms with Crippen LogP contribution in [0.5, 0.6) is 0 Å². The molecule has 2 atom stereocenters. The van der Waals surface area contributed by atoms with Crippen molar-refractivity contribution >= 4 is 52.7 Å². The highest BCUT2D eigenvalue weighted by Gasteiger charge is 2.47. The molecule has 5 nitrogen and oxygen atoms in total. The first-order valence-electron chi connectivity index (χ1n) is 6.60. The Morgan fingerprint density at radius 3 is 3.05 bits per heavy atom. The molecule has 2 aliphatic heterocycles. The van der Waals surface area contributed by atoms with Crippen LogP contribution in [0.1, 0.15) is 18.2 Å². The lowest BCUT2D eigenvalue weighted by Crippen LogP contribution is -2.54. The molecule has 2 aliphatic rings. The maximum Gasteiger partial charge on any atom is 0.206 e. The van der Waals surface area contributed by atoms with E-state index in [1.807, 2.05) is 17.3 Å². The Morgan fingerprint density at radius 2 is 2.43 bits per heavy atom. The van der Waals surface area contributed by atoms with Crippen molar-refractivity contribution in [2.75, 3.05) is 13.6 Å². The largest absolute Gasteiger partial charge is 0.306 e. The number of nitrogens with zero attached hydrogens (tertiary/aromatic N) is 3. The van der Waals surface area contributed by atoms with Crippen molar-refractivity contribution in [2.45, 2.75) is 18.9 Å². The predicted octanol–water partition coefficient (Wildman–Crippen LogP) is 2.32. The molecule has 0 aliphatic carbocycles. The SMILES string of the molecule is [B]C(=O)NC1=N[C@](C)(c2cc(Br)cs2)C2CCN=C2N1C. The van der Waals surface area contributed by atoms with Crippen molar-refractivity contribution in [1.29, 1.82) is 0 Å². The van der Waals surface area contributed by atoms with Gasteiger partial charge in [0.05, 0.1) is 0 Å². The number of aliphatic imine (C=N–C) groups is 2. The van der Waals surface area contributed by atoms with Gasteiger partial charge in [0.25, 0.3) is 0 Å². The molecule has 0 aromatic carbocycles. The molecule has 3 heterocycles. The van der Waals surface area contributed by atoms with Crippen LogP contribution in [0.4, 0.5) is 4.79 Å². The minimum Gasteiger partial charge on any atom is -0.306 e. The van der Waals surface area contributed by atoms with Crippen molar-refractivity contribution in [1.82, 2.24) is 10.2 Å². The first-order chi connectivity index (χ1) is 9.91. The fourth-order valence-electron chi connectivity index (χ4n) is 2.93. The molecule has 108 valence electrons. The Kier molecular flexibility index (Phi) is 3.69. The van der Waals surface area contributed by atoms with Crippen molar-refractivity contribution in [3.63, 3.8) is 0 Å². The summed E-state index contributed by atoms with van der Waals surface area (Å²) < 4.78 is 1.04. The van der Waals surface area contributed by atoms with Crippen LogP contribution in [-0.2, 0) is 5.54 Å². The maximum absolute atomic E-state index is 11.2. The minimum absolute atomic E-state index is 0.214. The standard InChI is InChI=1S/C13H14BBrN4OS/c1-13(9-5-7(15)6-21-9)8-3-4-16-10(8)19(2)12(18-13)17-11(14)20/h5-6,8H,3-4H2,1-2H3,(H,17,18,20)/t8?,13-/m0/s1. The number of rotatable bonds is 1. The number of fused-ring (bicyclic) bond motifs is 1. The second-order valence-corrected chi connectivity index (χ2v) is 7.17. The molecule has 8 heteroatoms. The van der Waals surface area contributed by atoms with Gasteiger partial charge in [-0.15, -0.1) is 11.3 Å². The van der Waals surface area contributed by atoms with Crippen LogP contribution in [-0.4, -0.2) is 43.9 Å². The second kappa shape index (κ2) is 5.24. The number of halogens is 1. The quantitative estimate of drug-likeness (QED) is 0.777. The number of hydrogen-bond acceptors (Lipinski definition) is 5. The van der Waals surface area contributed by atoms with Gasteiger partial charge in [0.15, 0.2) is 5.81 Å². The summed E-state index contributed by atoms with van der Waals surface area (Å²) >= 11 is 5.15. The molecule has 21 heavy (non-hydrogen) atoms. The Labute approximate surface area is 137 Å². The van der Waals surface area contributed by atoms with E-state index in [4.69, 9.17) is 12.8 Å². The number of hydrogen-bond donors (Lipinski definition) is 1. The van der Waals surface area contributed by atoms with E-state index in [0.29, 0.717) is 5.96 Å². The predicted molar refractivity (Wildman–Crippen MR) is 89.3 cm³/mol. The molecule has 1 aromatic heterocycles. The van der Waals surface area contributed by atoms with Gasteiger partial charge >= 0.3 is 0 Å². The molecule has 2 radical (unpaired) electrons. The molecule has 1 amide bonds. The molecule has 0 saturated carbocycles. The van der Waals surface area contributed by atoms with Crippen LogP contribution in [0, 0.1) is 5.92 Å². The van der Waals surface area contributed by atoms with Gasteiger partial charge in [-0.2, -0.15) is 0 Å². The molecule has 1 unspecified atom stereocenters. The van der Waals surface area contributed by atoms with Crippen LogP contribution in [0.2, 0.25) is 0 Å². The Morgan fingerprint density at radius 1 is 1.67 bits per heavy atom. The van der Waals surface area contributed by atoms with Gasteiger partial charge in [-0.25, -0.2) is 4.99 Å². The smallest absolute Gasteiger partial charge is 0.206 e. The Bertz CT molecular complexity index is 658. The third-order valence-electron chi connectivity index (χ3n) is 3.98. The summed E-state index contributed by atoms with van der Waals surface area (Å²) in [4.78, 5) is 23.6. The summed E-state index contributed by atoms with van der Waals surface area (Å²) in [6.07, 6.45) is 0.957. The molecule has 1 aromatic rings. The fraction of sp³-hybridized carbons (Fsp3) is 0.462. The number of thiophene rings is 1. The summed E-state index contributed by atoms with van der Waals surface area (Å²) in [5, 5.41) is 4.65. The van der Waals surface area contributed by atoms with Crippen LogP contribution in [0.25, 0.3) is 0 Å². The van der Waals surface area contributed by atoms with E-state index < -0.39 is 11.3 Å². The van der Waals surface area contributed by atoms with Crippen molar-refractivity contribution in [3.05, 3.63) is 20.8 Å². The number of carbonyl (C=O) groups excluding carboxylic acids is 1. The zero-order valence-corrected chi connectivity index (χ0v) is 14.2. The molecular weight excluding hydrogens is 351 g/mol. The lowest BCUT2D eigenvalue weighted by Gasteiger charge is -2.40. The zero-order chi connectivity index (χ0) is 15.2. The van der Waals surface area contributed by atoms with Crippen molar-refractivity contribution < 1.29 is 4.79 Å². The monoisotopic (exact) mass is 364 g/mol. The van der Waals surface area contributed by atoms with Gasteiger partial charge in [0.1, 0.15) is 11.4 Å². The first kappa shape index (κ1) is 14.8. The number of carbonyl (C=O) groups is 1.